The van der Waals surface area contributed by atoms with Gasteiger partial charge in [0.1, 0.15) is 36.0 Å². The van der Waals surface area contributed by atoms with Crippen LogP contribution in [0.1, 0.15) is 40.7 Å². The molecule has 0 saturated carbocycles. The number of aryl methyl sites for hydroxylation is 2. The van der Waals surface area contributed by atoms with Gasteiger partial charge in [0.05, 0.1) is 0 Å². The van der Waals surface area contributed by atoms with Crippen molar-refractivity contribution in [1.29, 1.82) is 0 Å². The van der Waals surface area contributed by atoms with Crippen LogP contribution >= 0.6 is 0 Å². The lowest BCUT2D eigenvalue weighted by molar-refractivity contribution is -0.142. The van der Waals surface area contributed by atoms with E-state index in [1.54, 1.807) is 30.5 Å². The summed E-state index contributed by atoms with van der Waals surface area (Å²) < 4.78 is 5.87. The second-order valence-electron chi connectivity index (χ2n) is 17.7. The summed E-state index contributed by atoms with van der Waals surface area (Å²) in [6, 6.07) is 44.1. The van der Waals surface area contributed by atoms with Crippen LogP contribution in [0, 0.1) is 0 Å². The fourth-order valence-electron chi connectivity index (χ4n) is 8.72. The lowest BCUT2D eigenvalue weighted by Crippen LogP contribution is -2.59. The molecular formula is C57H56N6O8. The number of carboxylic acid groups (broad SMARTS) is 1. The highest BCUT2D eigenvalue weighted by molar-refractivity contribution is 5.97. The number of hydrogen-bond donors (Lipinski definition) is 7. The molecule has 14 heteroatoms. The van der Waals surface area contributed by atoms with Gasteiger partial charge in [0.25, 0.3) is 5.91 Å². The number of aromatic amines is 1. The number of ether oxygens (including phenoxy) is 1. The average molecular weight is 953 g/mol. The summed E-state index contributed by atoms with van der Waals surface area (Å²) in [4.78, 5) is 87.9. The summed E-state index contributed by atoms with van der Waals surface area (Å²) in [6.07, 6.45) is 2.72. The third kappa shape index (κ3) is 13.6. The van der Waals surface area contributed by atoms with Crippen LogP contribution in [0.25, 0.3) is 22.0 Å². The van der Waals surface area contributed by atoms with E-state index < -0.39 is 72.3 Å². The van der Waals surface area contributed by atoms with Crippen molar-refractivity contribution < 1.29 is 38.6 Å². The van der Waals surface area contributed by atoms with Crippen LogP contribution in [-0.4, -0.2) is 82.4 Å². The molecule has 0 saturated heterocycles. The van der Waals surface area contributed by atoms with Crippen LogP contribution in [-0.2, 0) is 60.9 Å². The van der Waals surface area contributed by atoms with Crippen LogP contribution in [0.4, 0.5) is 0 Å². The summed E-state index contributed by atoms with van der Waals surface area (Å²) in [5, 5.41) is 25.3. The third-order valence-electron chi connectivity index (χ3n) is 12.6. The van der Waals surface area contributed by atoms with Gasteiger partial charge in [0.2, 0.25) is 23.6 Å². The topological polar surface area (TPSA) is 208 Å². The minimum absolute atomic E-state index is 0.00903. The van der Waals surface area contributed by atoms with Gasteiger partial charge in [0.15, 0.2) is 6.61 Å². The van der Waals surface area contributed by atoms with Crippen molar-refractivity contribution in [3.8, 4) is 16.9 Å². The van der Waals surface area contributed by atoms with Crippen molar-refractivity contribution in [3.05, 3.63) is 198 Å². The van der Waals surface area contributed by atoms with Gasteiger partial charge in [-0.25, -0.2) is 4.79 Å². The van der Waals surface area contributed by atoms with Crippen molar-refractivity contribution in [2.75, 3.05) is 6.61 Å². The molecule has 7 N–H and O–H groups in total. The van der Waals surface area contributed by atoms with Crippen molar-refractivity contribution in [2.24, 2.45) is 0 Å². The molecule has 0 radical (unpaired) electrons. The fourth-order valence-corrected chi connectivity index (χ4v) is 8.72. The van der Waals surface area contributed by atoms with Gasteiger partial charge in [-0.1, -0.05) is 146 Å². The monoisotopic (exact) mass is 952 g/mol. The van der Waals surface area contributed by atoms with Crippen molar-refractivity contribution >= 4 is 46.4 Å². The number of para-hydroxylation sites is 1. The predicted molar refractivity (Wildman–Crippen MR) is 270 cm³/mol. The van der Waals surface area contributed by atoms with Gasteiger partial charge >= 0.3 is 5.97 Å². The first-order valence-corrected chi connectivity index (χ1v) is 23.8. The Morgan fingerprint density at radius 1 is 0.592 bits per heavy atom. The maximum absolute atomic E-state index is 14.9. The molecule has 0 fully saturated rings. The molecule has 6 aromatic carbocycles. The van der Waals surface area contributed by atoms with Crippen molar-refractivity contribution in [2.45, 2.75) is 75.2 Å². The van der Waals surface area contributed by atoms with E-state index in [2.05, 4.69) is 31.6 Å². The van der Waals surface area contributed by atoms with Crippen LogP contribution < -0.4 is 31.3 Å². The van der Waals surface area contributed by atoms with Gasteiger partial charge in [-0.05, 0) is 82.8 Å². The molecule has 2 aliphatic rings. The van der Waals surface area contributed by atoms with Gasteiger partial charge in [0, 0.05) is 36.4 Å². The Labute approximate surface area is 411 Å². The number of carbonyl (C=O) groups excluding carboxylic acids is 5. The first-order chi connectivity index (χ1) is 34.5. The molecule has 3 heterocycles. The van der Waals surface area contributed by atoms with Crippen LogP contribution in [0.5, 0.6) is 5.75 Å². The van der Waals surface area contributed by atoms with Crippen LogP contribution in [0.2, 0.25) is 0 Å². The highest BCUT2D eigenvalue weighted by atomic mass is 16.5. The second kappa shape index (κ2) is 23.7. The molecule has 0 aliphatic carbocycles. The minimum Gasteiger partial charge on any atom is -0.484 e. The van der Waals surface area contributed by atoms with E-state index in [1.165, 1.54) is 0 Å². The van der Waals surface area contributed by atoms with E-state index in [4.69, 9.17) is 4.74 Å². The van der Waals surface area contributed by atoms with E-state index in [9.17, 15) is 33.9 Å². The molecular weight excluding hydrogens is 897 g/mol. The molecule has 1 aromatic heterocycles. The number of fused-ring (bicyclic) bond motifs is 17. The fraction of sp³-hybridized carbons (Fsp3) is 0.228. The number of H-pyrrole nitrogens is 1. The van der Waals surface area contributed by atoms with E-state index in [0.717, 1.165) is 38.7 Å². The molecule has 0 spiro atoms. The number of amides is 5. The number of hydrogen-bond acceptors (Lipinski definition) is 7. The summed E-state index contributed by atoms with van der Waals surface area (Å²) >= 11 is 0. The molecule has 7 aromatic rings. The number of carboxylic acids is 1. The standard InChI is InChI=1S/C57H56N6O8/c64-52-36-71-44-28-22-40(23-29-44)33-50(55(67)61-48(57(69)70)31-25-38-14-6-2-7-15-38)62-53(65)47(30-24-37-12-4-1-5-13-37)60-54(66)49(32-39-20-26-42(27-21-39)41-16-8-3-9-17-41)63-56(68)51(59-52)34-43-35-58-46-19-11-10-18-45(43)46/h1-23,26-29,35,47-51,58H,24-25,30-34,36H2,(H,59,64)(H,60,66)(H,61,67)(H,62,65)(H,63,68)(H,69,70)/t47-,48+,49+,50+,51-/m0/s1. The predicted octanol–water partition coefficient (Wildman–Crippen LogP) is 6.03. The number of carbonyl (C=O) groups is 6. The number of rotatable bonds is 14. The van der Waals surface area contributed by atoms with Crippen LogP contribution in [0.15, 0.2) is 170 Å². The zero-order valence-corrected chi connectivity index (χ0v) is 39.0. The quantitative estimate of drug-likeness (QED) is 0.0640. The highest BCUT2D eigenvalue weighted by Crippen LogP contribution is 2.22. The summed E-state index contributed by atoms with van der Waals surface area (Å²) in [7, 11) is 0. The molecule has 9 rings (SSSR count). The largest absolute Gasteiger partial charge is 0.484 e. The molecule has 5 amide bonds. The normalized spacial score (nSPS) is 18.3. The van der Waals surface area contributed by atoms with E-state index in [-0.39, 0.29) is 32.1 Å². The van der Waals surface area contributed by atoms with Gasteiger partial charge < -0.3 is 41.4 Å². The first kappa shape index (κ1) is 48.9. The SMILES string of the molecule is O=C1COc2ccc(cc2)C[C@H](C(=O)N[C@H](CCc2ccccc2)C(=O)O)NC(=O)[C@H](CCc2ccccc2)NC(=O)[C@@H](Cc2ccc(-c3ccccc3)cc2)NC(=O)[C@H](Cc2c[nH]c3ccccc23)N1. The Morgan fingerprint density at radius 3 is 1.85 bits per heavy atom. The first-order valence-electron chi connectivity index (χ1n) is 23.8. The average Bonchev–Trinajstić information content (AvgIpc) is 3.80. The molecule has 362 valence electrons. The Balaban J connectivity index is 1.12. The van der Waals surface area contributed by atoms with Crippen molar-refractivity contribution in [3.63, 3.8) is 0 Å². The smallest absolute Gasteiger partial charge is 0.326 e. The lowest BCUT2D eigenvalue weighted by atomic mass is 9.98. The molecule has 2 bridgehead atoms. The summed E-state index contributed by atoms with van der Waals surface area (Å²) in [5.74, 6) is -4.25. The maximum atomic E-state index is 14.9. The highest BCUT2D eigenvalue weighted by Gasteiger charge is 2.33. The Hall–Kier alpha value is -8.52. The Bertz CT molecular complexity index is 2930. The molecule has 2 aliphatic heterocycles. The lowest BCUT2D eigenvalue weighted by Gasteiger charge is -2.27. The van der Waals surface area contributed by atoms with E-state index in [0.29, 0.717) is 29.7 Å². The van der Waals surface area contributed by atoms with Gasteiger partial charge in [-0.15, -0.1) is 0 Å². The Morgan fingerprint density at radius 2 is 1.17 bits per heavy atom. The zero-order valence-electron chi connectivity index (χ0n) is 39.0. The van der Waals surface area contributed by atoms with E-state index >= 15 is 0 Å². The third-order valence-corrected chi connectivity index (χ3v) is 12.6. The molecule has 14 nitrogen and oxygen atoms in total. The number of aliphatic carboxylic acids is 1. The molecule has 5 atom stereocenters. The minimum atomic E-state index is -1.29. The summed E-state index contributed by atoms with van der Waals surface area (Å²) in [6.45, 7) is -0.446. The van der Waals surface area contributed by atoms with Crippen LogP contribution in [0.3, 0.4) is 0 Å². The maximum Gasteiger partial charge on any atom is 0.326 e. The number of nitrogens with one attached hydrogen (secondary N) is 6. The molecule has 0 unspecified atom stereocenters. The van der Waals surface area contributed by atoms with Gasteiger partial charge in [-0.2, -0.15) is 0 Å². The second-order valence-corrected chi connectivity index (χ2v) is 17.7. The van der Waals surface area contributed by atoms with Crippen molar-refractivity contribution in [1.82, 2.24) is 31.6 Å². The zero-order chi connectivity index (χ0) is 49.5. The van der Waals surface area contributed by atoms with E-state index in [1.807, 2.05) is 140 Å². The number of aromatic nitrogens is 1. The van der Waals surface area contributed by atoms with Gasteiger partial charge in [-0.3, -0.25) is 24.0 Å². The Kier molecular flexibility index (Phi) is 16.3. The number of benzene rings is 6. The molecule has 71 heavy (non-hydrogen) atoms. The summed E-state index contributed by atoms with van der Waals surface area (Å²) in [5.41, 5.74) is 6.64.